The molecule has 4 unspecified atom stereocenters. The van der Waals surface area contributed by atoms with Crippen molar-refractivity contribution in [1.29, 1.82) is 0 Å². The highest BCUT2D eigenvalue weighted by Crippen LogP contribution is 2.37. The number of hydrogen-bond acceptors (Lipinski definition) is 3. The molecule has 2 rings (SSSR count). The summed E-state index contributed by atoms with van der Waals surface area (Å²) in [6.45, 7) is 9.40. The van der Waals surface area contributed by atoms with Crippen molar-refractivity contribution < 1.29 is 14.6 Å². The van der Waals surface area contributed by atoms with Crippen molar-refractivity contribution >= 4 is 5.97 Å². The van der Waals surface area contributed by atoms with E-state index < -0.39 is 5.97 Å². The average molecular weight is 283 g/mol. The molecule has 0 spiro atoms. The van der Waals surface area contributed by atoms with Gasteiger partial charge in [0.2, 0.25) is 0 Å². The van der Waals surface area contributed by atoms with Crippen molar-refractivity contribution in [3.63, 3.8) is 0 Å². The summed E-state index contributed by atoms with van der Waals surface area (Å²) in [5, 5.41) is 8.95. The molecule has 1 heterocycles. The second kappa shape index (κ2) is 6.90. The van der Waals surface area contributed by atoms with Crippen molar-refractivity contribution in [2.24, 2.45) is 17.8 Å². The van der Waals surface area contributed by atoms with Crippen LogP contribution in [0.2, 0.25) is 0 Å². The first-order valence-corrected chi connectivity index (χ1v) is 8.04. The Morgan fingerprint density at radius 2 is 2.15 bits per heavy atom. The van der Waals surface area contributed by atoms with Gasteiger partial charge in [-0.15, -0.1) is 0 Å². The van der Waals surface area contributed by atoms with Gasteiger partial charge in [0.05, 0.1) is 19.1 Å². The predicted molar refractivity (Wildman–Crippen MR) is 78.7 cm³/mol. The Morgan fingerprint density at radius 1 is 1.40 bits per heavy atom. The highest BCUT2D eigenvalue weighted by atomic mass is 16.5. The van der Waals surface area contributed by atoms with Gasteiger partial charge in [0.15, 0.2) is 0 Å². The first-order chi connectivity index (χ1) is 9.47. The minimum atomic E-state index is -0.755. The predicted octanol–water partition coefficient (Wildman–Crippen LogP) is 2.62. The Morgan fingerprint density at radius 3 is 2.80 bits per heavy atom. The average Bonchev–Trinajstić information content (AvgIpc) is 2.37. The Balaban J connectivity index is 2.01. The summed E-state index contributed by atoms with van der Waals surface area (Å²) in [5.41, 5.74) is 0. The molecule has 4 nitrogen and oxygen atoms in total. The molecule has 0 aromatic heterocycles. The smallest absolute Gasteiger partial charge is 0.306 e. The number of nitrogens with zero attached hydrogens (tertiary/aromatic N) is 1. The summed E-state index contributed by atoms with van der Waals surface area (Å²) < 4.78 is 5.61. The lowest BCUT2D eigenvalue weighted by Gasteiger charge is -2.46. The molecule has 0 aromatic carbocycles. The first kappa shape index (κ1) is 15.8. The zero-order chi connectivity index (χ0) is 14.7. The highest BCUT2D eigenvalue weighted by Gasteiger charge is 2.37. The quantitative estimate of drug-likeness (QED) is 0.861. The molecule has 1 aliphatic carbocycles. The Hall–Kier alpha value is -0.610. The van der Waals surface area contributed by atoms with Gasteiger partial charge in [-0.1, -0.05) is 27.2 Å². The molecular weight excluding hydrogens is 254 g/mol. The molecule has 0 amide bonds. The minimum absolute atomic E-state index is 0.130. The molecule has 0 radical (unpaired) electrons. The van der Waals surface area contributed by atoms with Gasteiger partial charge in [-0.05, 0) is 30.6 Å². The van der Waals surface area contributed by atoms with E-state index in [0.29, 0.717) is 18.6 Å². The third-order valence-electron chi connectivity index (χ3n) is 5.03. The van der Waals surface area contributed by atoms with Gasteiger partial charge in [0, 0.05) is 19.1 Å². The normalized spacial score (nSPS) is 36.2. The zero-order valence-electron chi connectivity index (χ0n) is 13.0. The van der Waals surface area contributed by atoms with Crippen LogP contribution in [0.25, 0.3) is 0 Å². The van der Waals surface area contributed by atoms with Crippen molar-refractivity contribution in [2.75, 3.05) is 19.7 Å². The molecule has 1 aliphatic heterocycles. The van der Waals surface area contributed by atoms with E-state index in [9.17, 15) is 4.79 Å². The van der Waals surface area contributed by atoms with Crippen LogP contribution in [0.5, 0.6) is 0 Å². The van der Waals surface area contributed by atoms with Crippen LogP contribution in [0, 0.1) is 17.8 Å². The Kier molecular flexibility index (Phi) is 5.44. The third-order valence-corrected chi connectivity index (χ3v) is 5.03. The standard InChI is InChI=1S/C16H29NO3/c1-11(2)14-5-4-12(3)8-15(14)17-6-7-20-13(10-17)9-16(18)19/h11-15H,4-10H2,1-3H3,(H,18,19). The first-order valence-electron chi connectivity index (χ1n) is 8.04. The summed E-state index contributed by atoms with van der Waals surface area (Å²) in [6.07, 6.45) is 3.90. The second-order valence-corrected chi connectivity index (χ2v) is 6.98. The number of rotatable bonds is 4. The fourth-order valence-electron chi connectivity index (χ4n) is 3.93. The zero-order valence-corrected chi connectivity index (χ0v) is 13.0. The van der Waals surface area contributed by atoms with E-state index >= 15 is 0 Å². The summed E-state index contributed by atoms with van der Waals surface area (Å²) in [7, 11) is 0. The van der Waals surface area contributed by atoms with Gasteiger partial charge >= 0.3 is 5.97 Å². The molecule has 4 atom stereocenters. The van der Waals surface area contributed by atoms with Crippen LogP contribution in [0.3, 0.4) is 0 Å². The van der Waals surface area contributed by atoms with Crippen LogP contribution in [-0.4, -0.2) is 47.8 Å². The van der Waals surface area contributed by atoms with Gasteiger partial charge < -0.3 is 9.84 Å². The molecule has 1 saturated carbocycles. The van der Waals surface area contributed by atoms with Gasteiger partial charge in [-0.2, -0.15) is 0 Å². The van der Waals surface area contributed by atoms with Crippen molar-refractivity contribution in [3.8, 4) is 0 Å². The summed E-state index contributed by atoms with van der Waals surface area (Å²) in [4.78, 5) is 13.4. The van der Waals surface area contributed by atoms with Gasteiger partial charge in [-0.25, -0.2) is 0 Å². The number of carboxylic acids is 1. The summed E-state index contributed by atoms with van der Waals surface area (Å²) in [5.74, 6) is 1.48. The SMILES string of the molecule is CC1CCC(C(C)C)C(N2CCOC(CC(=O)O)C2)C1. The Labute approximate surface area is 122 Å². The molecule has 0 aromatic rings. The van der Waals surface area contributed by atoms with Gasteiger partial charge in [0.1, 0.15) is 0 Å². The van der Waals surface area contributed by atoms with E-state index in [0.717, 1.165) is 24.9 Å². The molecule has 20 heavy (non-hydrogen) atoms. The Bertz CT molecular complexity index is 332. The lowest BCUT2D eigenvalue weighted by Crippen LogP contribution is -2.53. The largest absolute Gasteiger partial charge is 0.481 e. The number of aliphatic carboxylic acids is 1. The van der Waals surface area contributed by atoms with E-state index in [4.69, 9.17) is 9.84 Å². The van der Waals surface area contributed by atoms with Crippen molar-refractivity contribution in [1.82, 2.24) is 4.90 Å². The van der Waals surface area contributed by atoms with Crippen LogP contribution < -0.4 is 0 Å². The van der Waals surface area contributed by atoms with Crippen molar-refractivity contribution in [2.45, 2.75) is 58.6 Å². The van der Waals surface area contributed by atoms with Crippen LogP contribution in [0.1, 0.15) is 46.5 Å². The van der Waals surface area contributed by atoms with E-state index in [1.165, 1.54) is 19.3 Å². The fourth-order valence-corrected chi connectivity index (χ4v) is 3.93. The third kappa shape index (κ3) is 3.95. The van der Waals surface area contributed by atoms with Crippen LogP contribution in [-0.2, 0) is 9.53 Å². The minimum Gasteiger partial charge on any atom is -0.481 e. The highest BCUT2D eigenvalue weighted by molar-refractivity contribution is 5.67. The maximum absolute atomic E-state index is 10.9. The summed E-state index contributed by atoms with van der Waals surface area (Å²) in [6, 6.07) is 0.610. The number of morpholine rings is 1. The lowest BCUT2D eigenvalue weighted by molar-refractivity contribution is -0.143. The molecule has 1 N–H and O–H groups in total. The monoisotopic (exact) mass is 283 g/mol. The number of carbonyl (C=O) groups is 1. The van der Waals surface area contributed by atoms with Crippen LogP contribution in [0.4, 0.5) is 0 Å². The van der Waals surface area contributed by atoms with E-state index in [-0.39, 0.29) is 12.5 Å². The maximum atomic E-state index is 10.9. The second-order valence-electron chi connectivity index (χ2n) is 6.98. The molecule has 1 saturated heterocycles. The lowest BCUT2D eigenvalue weighted by atomic mass is 9.73. The molecule has 116 valence electrons. The fraction of sp³-hybridized carbons (Fsp3) is 0.938. The molecule has 0 bridgehead atoms. The number of ether oxygens (including phenoxy) is 1. The number of hydrogen-bond donors (Lipinski definition) is 1. The van der Waals surface area contributed by atoms with E-state index in [1.54, 1.807) is 0 Å². The van der Waals surface area contributed by atoms with Crippen LogP contribution in [0.15, 0.2) is 0 Å². The topological polar surface area (TPSA) is 49.8 Å². The summed E-state index contributed by atoms with van der Waals surface area (Å²) >= 11 is 0. The van der Waals surface area contributed by atoms with E-state index in [1.807, 2.05) is 0 Å². The number of carboxylic acid groups (broad SMARTS) is 1. The molecular formula is C16H29NO3. The van der Waals surface area contributed by atoms with E-state index in [2.05, 4.69) is 25.7 Å². The molecule has 4 heteroatoms. The van der Waals surface area contributed by atoms with Crippen molar-refractivity contribution in [3.05, 3.63) is 0 Å². The van der Waals surface area contributed by atoms with Gasteiger partial charge in [0.25, 0.3) is 0 Å². The van der Waals surface area contributed by atoms with Gasteiger partial charge in [-0.3, -0.25) is 9.69 Å². The maximum Gasteiger partial charge on any atom is 0.306 e. The molecule has 2 aliphatic rings. The molecule has 2 fully saturated rings. The van der Waals surface area contributed by atoms with Crippen LogP contribution >= 0.6 is 0 Å².